The maximum absolute atomic E-state index is 12.9. The standard InChI is InChI=1S/C14H13FO3S/c15-14-8-4-7-13(9-14)10-18-19(16,17)11-12-5-2-1-3-6-12/h1-9H,10-11H2. The summed E-state index contributed by atoms with van der Waals surface area (Å²) in [5, 5.41) is 0. The van der Waals surface area contributed by atoms with Crippen molar-refractivity contribution in [2.24, 2.45) is 0 Å². The Hall–Kier alpha value is -1.72. The average Bonchev–Trinajstić information content (AvgIpc) is 2.37. The van der Waals surface area contributed by atoms with Crippen LogP contribution in [0.1, 0.15) is 11.1 Å². The first-order valence-corrected chi connectivity index (χ1v) is 7.28. The highest BCUT2D eigenvalue weighted by molar-refractivity contribution is 7.85. The van der Waals surface area contributed by atoms with Crippen LogP contribution < -0.4 is 0 Å². The molecule has 0 aliphatic heterocycles. The second-order valence-electron chi connectivity index (χ2n) is 4.08. The van der Waals surface area contributed by atoms with Gasteiger partial charge < -0.3 is 0 Å². The summed E-state index contributed by atoms with van der Waals surface area (Å²) >= 11 is 0. The topological polar surface area (TPSA) is 43.4 Å². The highest BCUT2D eigenvalue weighted by atomic mass is 32.2. The van der Waals surface area contributed by atoms with Crippen molar-refractivity contribution in [3.8, 4) is 0 Å². The Bertz CT molecular complexity index is 639. The first kappa shape index (κ1) is 13.7. The zero-order valence-electron chi connectivity index (χ0n) is 10.1. The monoisotopic (exact) mass is 280 g/mol. The fourth-order valence-electron chi connectivity index (χ4n) is 1.60. The van der Waals surface area contributed by atoms with Crippen LogP contribution in [0.5, 0.6) is 0 Å². The van der Waals surface area contributed by atoms with Gasteiger partial charge in [0.15, 0.2) is 0 Å². The van der Waals surface area contributed by atoms with E-state index >= 15 is 0 Å². The van der Waals surface area contributed by atoms with Gasteiger partial charge in [-0.25, -0.2) is 4.39 Å². The quantitative estimate of drug-likeness (QED) is 0.791. The van der Waals surface area contributed by atoms with Gasteiger partial charge in [-0.15, -0.1) is 0 Å². The van der Waals surface area contributed by atoms with Crippen LogP contribution in [0.15, 0.2) is 54.6 Å². The number of rotatable bonds is 5. The van der Waals surface area contributed by atoms with Crippen LogP contribution >= 0.6 is 0 Å². The average molecular weight is 280 g/mol. The predicted octanol–water partition coefficient (Wildman–Crippen LogP) is 2.87. The molecule has 2 aromatic rings. The minimum atomic E-state index is -3.67. The van der Waals surface area contributed by atoms with Crippen LogP contribution in [0, 0.1) is 5.82 Å². The summed E-state index contributed by atoms with van der Waals surface area (Å²) in [7, 11) is -3.67. The van der Waals surface area contributed by atoms with Gasteiger partial charge in [0, 0.05) is 0 Å². The number of hydrogen-bond acceptors (Lipinski definition) is 3. The van der Waals surface area contributed by atoms with Gasteiger partial charge in [0.1, 0.15) is 11.6 Å². The van der Waals surface area contributed by atoms with Crippen molar-refractivity contribution in [2.75, 3.05) is 0 Å². The van der Waals surface area contributed by atoms with Crippen molar-refractivity contribution in [2.45, 2.75) is 12.4 Å². The van der Waals surface area contributed by atoms with Crippen LogP contribution in [0.3, 0.4) is 0 Å². The first-order valence-electron chi connectivity index (χ1n) is 5.71. The Balaban J connectivity index is 1.98. The lowest BCUT2D eigenvalue weighted by Gasteiger charge is -2.06. The van der Waals surface area contributed by atoms with E-state index in [0.717, 1.165) is 0 Å². The molecule has 0 atom stereocenters. The molecule has 0 amide bonds. The molecule has 0 radical (unpaired) electrons. The third kappa shape index (κ3) is 4.46. The Morgan fingerprint density at radius 3 is 2.32 bits per heavy atom. The normalized spacial score (nSPS) is 11.4. The molecule has 0 unspecified atom stereocenters. The molecule has 0 aromatic heterocycles. The van der Waals surface area contributed by atoms with E-state index in [-0.39, 0.29) is 12.4 Å². The lowest BCUT2D eigenvalue weighted by Crippen LogP contribution is -2.09. The molecule has 3 nitrogen and oxygen atoms in total. The van der Waals surface area contributed by atoms with Crippen LogP contribution in [-0.2, 0) is 26.7 Å². The van der Waals surface area contributed by atoms with E-state index in [1.165, 1.54) is 18.2 Å². The van der Waals surface area contributed by atoms with Crippen molar-refractivity contribution in [3.63, 3.8) is 0 Å². The highest BCUT2D eigenvalue weighted by Gasteiger charge is 2.12. The summed E-state index contributed by atoms with van der Waals surface area (Å²) < 4.78 is 41.3. The SMILES string of the molecule is O=S(=O)(Cc1ccccc1)OCc1cccc(F)c1. The largest absolute Gasteiger partial charge is 0.271 e. The zero-order chi connectivity index (χ0) is 13.7. The Labute approximate surface area is 111 Å². The van der Waals surface area contributed by atoms with Crippen LogP contribution in [-0.4, -0.2) is 8.42 Å². The van der Waals surface area contributed by atoms with E-state index in [2.05, 4.69) is 0 Å². The maximum Gasteiger partial charge on any atom is 0.271 e. The molecule has 0 spiro atoms. The molecule has 0 heterocycles. The summed E-state index contributed by atoms with van der Waals surface area (Å²) in [5.41, 5.74) is 1.14. The fourth-order valence-corrected chi connectivity index (χ4v) is 2.60. The third-order valence-electron chi connectivity index (χ3n) is 2.48. The van der Waals surface area contributed by atoms with Gasteiger partial charge in [0.05, 0.1) is 6.61 Å². The molecule has 0 aliphatic carbocycles. The van der Waals surface area contributed by atoms with Gasteiger partial charge >= 0.3 is 0 Å². The van der Waals surface area contributed by atoms with E-state index in [4.69, 9.17) is 4.18 Å². The Morgan fingerprint density at radius 1 is 0.947 bits per heavy atom. The Kier molecular flexibility index (Phi) is 4.29. The lowest BCUT2D eigenvalue weighted by molar-refractivity contribution is 0.306. The molecule has 0 N–H and O–H groups in total. The van der Waals surface area contributed by atoms with E-state index in [1.807, 2.05) is 6.07 Å². The molecule has 0 bridgehead atoms. The van der Waals surface area contributed by atoms with Gasteiger partial charge in [-0.1, -0.05) is 42.5 Å². The van der Waals surface area contributed by atoms with E-state index in [0.29, 0.717) is 11.1 Å². The van der Waals surface area contributed by atoms with Crippen molar-refractivity contribution < 1.29 is 17.0 Å². The summed E-state index contributed by atoms with van der Waals surface area (Å²) in [6.45, 7) is -0.160. The van der Waals surface area contributed by atoms with Gasteiger partial charge in [-0.05, 0) is 23.3 Å². The van der Waals surface area contributed by atoms with Gasteiger partial charge in [-0.2, -0.15) is 8.42 Å². The molecule has 2 rings (SSSR count). The molecule has 100 valence electrons. The minimum absolute atomic E-state index is 0.160. The van der Waals surface area contributed by atoms with Gasteiger partial charge in [0.25, 0.3) is 10.1 Å². The summed E-state index contributed by atoms with van der Waals surface area (Å²) in [4.78, 5) is 0. The molecular weight excluding hydrogens is 267 g/mol. The van der Waals surface area contributed by atoms with Crippen molar-refractivity contribution in [3.05, 3.63) is 71.5 Å². The second kappa shape index (κ2) is 5.95. The van der Waals surface area contributed by atoms with E-state index in [9.17, 15) is 12.8 Å². The number of halogens is 1. The van der Waals surface area contributed by atoms with Crippen molar-refractivity contribution >= 4 is 10.1 Å². The molecular formula is C14H13FO3S. The molecule has 2 aromatic carbocycles. The molecule has 0 fully saturated rings. The van der Waals surface area contributed by atoms with E-state index < -0.39 is 15.9 Å². The summed E-state index contributed by atoms with van der Waals surface area (Å²) in [5.74, 6) is -0.607. The molecule has 0 aliphatic rings. The third-order valence-corrected chi connectivity index (χ3v) is 3.64. The Morgan fingerprint density at radius 2 is 1.63 bits per heavy atom. The van der Waals surface area contributed by atoms with Crippen LogP contribution in [0.4, 0.5) is 4.39 Å². The highest BCUT2D eigenvalue weighted by Crippen LogP contribution is 2.11. The van der Waals surface area contributed by atoms with Crippen LogP contribution in [0.25, 0.3) is 0 Å². The number of benzene rings is 2. The second-order valence-corrected chi connectivity index (χ2v) is 5.72. The van der Waals surface area contributed by atoms with Crippen molar-refractivity contribution in [1.29, 1.82) is 0 Å². The van der Waals surface area contributed by atoms with Crippen molar-refractivity contribution in [1.82, 2.24) is 0 Å². The smallest absolute Gasteiger partial charge is 0.265 e. The minimum Gasteiger partial charge on any atom is -0.265 e. The predicted molar refractivity (Wildman–Crippen MR) is 70.3 cm³/mol. The molecule has 0 saturated heterocycles. The summed E-state index contributed by atoms with van der Waals surface area (Å²) in [6, 6.07) is 14.4. The molecule has 19 heavy (non-hydrogen) atoms. The van der Waals surface area contributed by atoms with Gasteiger partial charge in [-0.3, -0.25) is 4.18 Å². The summed E-state index contributed by atoms with van der Waals surface area (Å²) in [6.07, 6.45) is 0. The van der Waals surface area contributed by atoms with Crippen LogP contribution in [0.2, 0.25) is 0 Å². The van der Waals surface area contributed by atoms with Gasteiger partial charge in [0.2, 0.25) is 0 Å². The lowest BCUT2D eigenvalue weighted by atomic mass is 10.2. The maximum atomic E-state index is 12.9. The van der Waals surface area contributed by atoms with E-state index in [1.54, 1.807) is 30.3 Å². The fraction of sp³-hybridized carbons (Fsp3) is 0.143. The zero-order valence-corrected chi connectivity index (χ0v) is 10.9. The number of hydrogen-bond donors (Lipinski definition) is 0. The first-order chi connectivity index (χ1) is 9.05. The molecule has 0 saturated carbocycles. The molecule has 5 heteroatoms.